The van der Waals surface area contributed by atoms with Gasteiger partial charge in [-0.1, -0.05) is 0 Å². The Balaban J connectivity index is 2.88. The molecule has 0 aromatic heterocycles. The smallest absolute Gasteiger partial charge is 0.232 e. The summed E-state index contributed by atoms with van der Waals surface area (Å²) in [6.45, 7) is 4.25. The van der Waals surface area contributed by atoms with Crippen molar-refractivity contribution in [2.45, 2.75) is 26.3 Å². The van der Waals surface area contributed by atoms with Crippen LogP contribution in [0, 0.1) is 0 Å². The molecule has 1 heterocycles. The molecule has 0 fully saturated rings. The van der Waals surface area contributed by atoms with E-state index in [0.29, 0.717) is 18.8 Å². The van der Waals surface area contributed by atoms with E-state index in [1.807, 2.05) is 13.8 Å². The van der Waals surface area contributed by atoms with Gasteiger partial charge in [0.25, 0.3) is 0 Å². The van der Waals surface area contributed by atoms with Crippen molar-refractivity contribution < 1.29 is 4.79 Å². The number of nitrogens with zero attached hydrogens (tertiary/aromatic N) is 1. The molecule has 1 amide bonds. The largest absolute Gasteiger partial charge is 0.385 e. The lowest BCUT2D eigenvalue weighted by atomic mass is 10.2. The van der Waals surface area contributed by atoms with Crippen LogP contribution in [0.2, 0.25) is 0 Å². The van der Waals surface area contributed by atoms with Crippen LogP contribution in [-0.4, -0.2) is 23.4 Å². The van der Waals surface area contributed by atoms with Crippen molar-refractivity contribution in [2.24, 2.45) is 11.5 Å². The average molecular weight is 169 g/mol. The van der Waals surface area contributed by atoms with Crippen LogP contribution in [0.3, 0.4) is 0 Å². The molecule has 0 atom stereocenters. The normalized spacial score (nSPS) is 18.3. The summed E-state index contributed by atoms with van der Waals surface area (Å²) in [4.78, 5) is 12.9. The van der Waals surface area contributed by atoms with Gasteiger partial charge < -0.3 is 11.5 Å². The predicted molar refractivity (Wildman–Crippen MR) is 46.9 cm³/mol. The van der Waals surface area contributed by atoms with Crippen LogP contribution in [0.15, 0.2) is 11.4 Å². The van der Waals surface area contributed by atoms with E-state index in [1.165, 1.54) is 0 Å². The molecule has 68 valence electrons. The summed E-state index contributed by atoms with van der Waals surface area (Å²) < 4.78 is 0. The fourth-order valence-electron chi connectivity index (χ4n) is 1.41. The molecule has 1 aliphatic rings. The predicted octanol–water partition coefficient (Wildman–Crippen LogP) is -0.244. The third-order valence-electron chi connectivity index (χ3n) is 2.02. The van der Waals surface area contributed by atoms with E-state index in [1.54, 1.807) is 4.90 Å². The third kappa shape index (κ3) is 1.30. The molecule has 1 aliphatic heterocycles. The molecule has 0 unspecified atom stereocenters. The summed E-state index contributed by atoms with van der Waals surface area (Å²) in [6, 6.07) is 0.126. The topological polar surface area (TPSA) is 72.3 Å². The van der Waals surface area contributed by atoms with Crippen molar-refractivity contribution in [1.82, 2.24) is 4.90 Å². The Kier molecular flexibility index (Phi) is 2.38. The summed E-state index contributed by atoms with van der Waals surface area (Å²) in [5.74, 6) is 0.612. The number of amides is 1. The minimum Gasteiger partial charge on any atom is -0.385 e. The van der Waals surface area contributed by atoms with E-state index >= 15 is 0 Å². The van der Waals surface area contributed by atoms with E-state index < -0.39 is 0 Å². The molecule has 4 heteroatoms. The average Bonchev–Trinajstić information content (AvgIpc) is 2.25. The second-order valence-corrected chi connectivity index (χ2v) is 3.23. The lowest BCUT2D eigenvalue weighted by Crippen LogP contribution is -2.35. The number of hydrogen-bond donors (Lipinski definition) is 2. The Labute approximate surface area is 72.2 Å². The van der Waals surface area contributed by atoms with Crippen LogP contribution < -0.4 is 11.5 Å². The maximum Gasteiger partial charge on any atom is 0.232 e. The Bertz CT molecular complexity index is 232. The minimum atomic E-state index is 0.0583. The number of carbonyl (C=O) groups is 1. The standard InChI is InChI=1S/C8H15N3O/c1-5(2)11-7(12)3-6(4-9)8(11)10/h5H,3-4,9-10H2,1-2H3. The van der Waals surface area contributed by atoms with Gasteiger partial charge in [0.2, 0.25) is 5.91 Å². The lowest BCUT2D eigenvalue weighted by molar-refractivity contribution is -0.128. The number of carbonyl (C=O) groups excluding carboxylic acids is 1. The van der Waals surface area contributed by atoms with Gasteiger partial charge in [0.05, 0.1) is 6.42 Å². The highest BCUT2D eigenvalue weighted by Crippen LogP contribution is 2.21. The van der Waals surface area contributed by atoms with Crippen molar-refractivity contribution in [3.05, 3.63) is 11.4 Å². The van der Waals surface area contributed by atoms with Gasteiger partial charge >= 0.3 is 0 Å². The lowest BCUT2D eigenvalue weighted by Gasteiger charge is -2.21. The van der Waals surface area contributed by atoms with Crippen LogP contribution in [0.1, 0.15) is 20.3 Å². The molecule has 12 heavy (non-hydrogen) atoms. The van der Waals surface area contributed by atoms with E-state index in [2.05, 4.69) is 0 Å². The van der Waals surface area contributed by atoms with E-state index in [0.717, 1.165) is 5.57 Å². The summed E-state index contributed by atoms with van der Waals surface area (Å²) >= 11 is 0. The first-order valence-electron chi connectivity index (χ1n) is 4.07. The zero-order valence-corrected chi connectivity index (χ0v) is 7.50. The summed E-state index contributed by atoms with van der Waals surface area (Å²) in [5, 5.41) is 0. The summed E-state index contributed by atoms with van der Waals surface area (Å²) in [7, 11) is 0. The van der Waals surface area contributed by atoms with Crippen molar-refractivity contribution in [3.8, 4) is 0 Å². The molecule has 0 spiro atoms. The van der Waals surface area contributed by atoms with Crippen molar-refractivity contribution in [3.63, 3.8) is 0 Å². The van der Waals surface area contributed by atoms with Crippen LogP contribution in [0.4, 0.5) is 0 Å². The monoisotopic (exact) mass is 169 g/mol. The van der Waals surface area contributed by atoms with Gasteiger partial charge in [-0.3, -0.25) is 9.69 Å². The fourth-order valence-corrected chi connectivity index (χ4v) is 1.41. The SMILES string of the molecule is CC(C)N1C(=O)CC(CN)=C1N. The van der Waals surface area contributed by atoms with Gasteiger partial charge in [0.15, 0.2) is 0 Å². The van der Waals surface area contributed by atoms with Crippen molar-refractivity contribution >= 4 is 5.91 Å². The molecule has 0 radical (unpaired) electrons. The Morgan fingerprint density at radius 3 is 2.42 bits per heavy atom. The van der Waals surface area contributed by atoms with Gasteiger partial charge in [-0.05, 0) is 19.4 Å². The van der Waals surface area contributed by atoms with Crippen molar-refractivity contribution in [1.29, 1.82) is 0 Å². The fraction of sp³-hybridized carbons (Fsp3) is 0.625. The summed E-state index contributed by atoms with van der Waals surface area (Å²) in [6.07, 6.45) is 0.389. The van der Waals surface area contributed by atoms with Crippen molar-refractivity contribution in [2.75, 3.05) is 6.54 Å². The third-order valence-corrected chi connectivity index (χ3v) is 2.02. The first kappa shape index (κ1) is 9.06. The molecule has 4 nitrogen and oxygen atoms in total. The zero-order chi connectivity index (χ0) is 9.30. The maximum atomic E-state index is 11.3. The quantitative estimate of drug-likeness (QED) is 0.599. The Morgan fingerprint density at radius 1 is 1.58 bits per heavy atom. The summed E-state index contributed by atoms with van der Waals surface area (Å²) in [5.41, 5.74) is 12.0. The first-order chi connectivity index (χ1) is 5.57. The highest BCUT2D eigenvalue weighted by molar-refractivity contribution is 5.84. The van der Waals surface area contributed by atoms with E-state index in [4.69, 9.17) is 11.5 Å². The highest BCUT2D eigenvalue weighted by atomic mass is 16.2. The molecule has 0 aliphatic carbocycles. The Hall–Kier alpha value is -1.03. The second kappa shape index (κ2) is 3.15. The molecule has 0 saturated heterocycles. The molecule has 1 rings (SSSR count). The van der Waals surface area contributed by atoms with Gasteiger partial charge in [-0.2, -0.15) is 0 Å². The molecular formula is C8H15N3O. The number of rotatable bonds is 2. The van der Waals surface area contributed by atoms with E-state index in [9.17, 15) is 4.79 Å². The molecular weight excluding hydrogens is 154 g/mol. The number of hydrogen-bond acceptors (Lipinski definition) is 3. The first-order valence-corrected chi connectivity index (χ1v) is 4.07. The van der Waals surface area contributed by atoms with Gasteiger partial charge in [0, 0.05) is 12.6 Å². The van der Waals surface area contributed by atoms with Crippen LogP contribution >= 0.6 is 0 Å². The Morgan fingerprint density at radius 2 is 2.17 bits per heavy atom. The molecule has 0 saturated carbocycles. The van der Waals surface area contributed by atoms with Crippen LogP contribution in [0.25, 0.3) is 0 Å². The molecule has 0 bridgehead atoms. The number of nitrogens with two attached hydrogens (primary N) is 2. The zero-order valence-electron chi connectivity index (χ0n) is 7.50. The molecule has 4 N–H and O–H groups in total. The van der Waals surface area contributed by atoms with Gasteiger partial charge in [0.1, 0.15) is 5.82 Å². The van der Waals surface area contributed by atoms with E-state index in [-0.39, 0.29) is 11.9 Å². The van der Waals surface area contributed by atoms with Gasteiger partial charge in [-0.25, -0.2) is 0 Å². The second-order valence-electron chi connectivity index (χ2n) is 3.23. The molecule has 0 aromatic carbocycles. The minimum absolute atomic E-state index is 0.0583. The maximum absolute atomic E-state index is 11.3. The van der Waals surface area contributed by atoms with Gasteiger partial charge in [-0.15, -0.1) is 0 Å². The van der Waals surface area contributed by atoms with Crippen LogP contribution in [-0.2, 0) is 4.79 Å². The van der Waals surface area contributed by atoms with Crippen LogP contribution in [0.5, 0.6) is 0 Å². The highest BCUT2D eigenvalue weighted by Gasteiger charge is 2.28. The molecule has 0 aromatic rings.